The van der Waals surface area contributed by atoms with Gasteiger partial charge in [0.15, 0.2) is 0 Å². The molecule has 2 N–H and O–H groups in total. The molecule has 0 saturated heterocycles. The van der Waals surface area contributed by atoms with Gasteiger partial charge in [-0.25, -0.2) is 0 Å². The molecule has 106 valence electrons. The molecule has 0 fully saturated rings. The first kappa shape index (κ1) is 15.7. The monoisotopic (exact) mass is 262 g/mol. The summed E-state index contributed by atoms with van der Waals surface area (Å²) in [7, 11) is 0. The minimum Gasteiger partial charge on any atom is -0.355 e. The Morgan fingerprint density at radius 2 is 1.89 bits per heavy atom. The van der Waals surface area contributed by atoms with E-state index in [1.54, 1.807) is 0 Å². The first-order chi connectivity index (χ1) is 9.17. The molecule has 3 nitrogen and oxygen atoms in total. The van der Waals surface area contributed by atoms with Gasteiger partial charge in [0.2, 0.25) is 5.91 Å². The van der Waals surface area contributed by atoms with Crippen LogP contribution < -0.4 is 10.6 Å². The third-order valence-corrected chi connectivity index (χ3v) is 3.35. The van der Waals surface area contributed by atoms with Gasteiger partial charge in [0.05, 0.1) is 0 Å². The molecular weight excluding hydrogens is 236 g/mol. The lowest BCUT2D eigenvalue weighted by Gasteiger charge is -2.17. The van der Waals surface area contributed by atoms with Crippen LogP contribution in [0.2, 0.25) is 0 Å². The number of nitrogens with one attached hydrogen (secondary N) is 2. The Kier molecular flexibility index (Phi) is 7.19. The molecule has 1 aromatic rings. The zero-order valence-corrected chi connectivity index (χ0v) is 12.3. The molecule has 0 aliphatic rings. The quantitative estimate of drug-likeness (QED) is 0.756. The Morgan fingerprint density at radius 3 is 2.47 bits per heavy atom. The summed E-state index contributed by atoms with van der Waals surface area (Å²) in [6.45, 7) is 7.90. The maximum atomic E-state index is 12.0. The van der Waals surface area contributed by atoms with E-state index in [1.807, 2.05) is 18.2 Å². The number of rotatable bonds is 8. The molecule has 1 unspecified atom stereocenters. The normalized spacial score (nSPS) is 13.8. The van der Waals surface area contributed by atoms with Crippen LogP contribution >= 0.6 is 0 Å². The van der Waals surface area contributed by atoms with Crippen LogP contribution in [0.1, 0.15) is 45.1 Å². The van der Waals surface area contributed by atoms with Gasteiger partial charge in [-0.05, 0) is 31.4 Å². The zero-order chi connectivity index (χ0) is 14.1. The van der Waals surface area contributed by atoms with Crippen molar-refractivity contribution in [1.29, 1.82) is 0 Å². The van der Waals surface area contributed by atoms with Crippen LogP contribution in [0, 0.1) is 0 Å². The van der Waals surface area contributed by atoms with Crippen molar-refractivity contribution >= 4 is 5.91 Å². The van der Waals surface area contributed by atoms with E-state index in [-0.39, 0.29) is 5.91 Å². The molecule has 0 aliphatic carbocycles. The molecule has 0 heterocycles. The van der Waals surface area contributed by atoms with Crippen molar-refractivity contribution in [3.63, 3.8) is 0 Å². The van der Waals surface area contributed by atoms with E-state index in [4.69, 9.17) is 0 Å². The van der Waals surface area contributed by atoms with Gasteiger partial charge in [0.25, 0.3) is 0 Å². The molecule has 0 spiro atoms. The van der Waals surface area contributed by atoms with Gasteiger partial charge < -0.3 is 10.6 Å². The van der Waals surface area contributed by atoms with E-state index in [2.05, 4.69) is 43.5 Å². The third-order valence-electron chi connectivity index (χ3n) is 3.35. The summed E-state index contributed by atoms with van der Waals surface area (Å²) >= 11 is 0. The van der Waals surface area contributed by atoms with Crippen molar-refractivity contribution in [2.45, 2.75) is 45.6 Å². The summed E-state index contributed by atoms with van der Waals surface area (Å²) in [5, 5.41) is 6.29. The summed E-state index contributed by atoms with van der Waals surface area (Å²) in [6, 6.07) is 10.6. The molecule has 0 bridgehead atoms. The molecule has 3 heteroatoms. The fourth-order valence-corrected chi connectivity index (χ4v) is 2.21. The molecule has 19 heavy (non-hydrogen) atoms. The standard InChI is InChI=1S/C16H26N2O/c1-4-14(15-9-7-6-8-10-15)11-16(19)18-12-13(3)17-5-2/h6-10,13-14,17H,4-5,11-12H2,1-3H3,(H,18,19)/t13-,14?/m1/s1. The Morgan fingerprint density at radius 1 is 1.21 bits per heavy atom. The first-order valence-electron chi connectivity index (χ1n) is 7.22. The second-order valence-electron chi connectivity index (χ2n) is 4.98. The van der Waals surface area contributed by atoms with E-state index >= 15 is 0 Å². The smallest absolute Gasteiger partial charge is 0.220 e. The van der Waals surface area contributed by atoms with Crippen LogP contribution in [0.4, 0.5) is 0 Å². The van der Waals surface area contributed by atoms with Crippen LogP contribution in [-0.4, -0.2) is 25.0 Å². The average Bonchev–Trinajstić information content (AvgIpc) is 2.44. The van der Waals surface area contributed by atoms with Gasteiger partial charge in [-0.3, -0.25) is 4.79 Å². The van der Waals surface area contributed by atoms with Gasteiger partial charge in [-0.15, -0.1) is 0 Å². The maximum absolute atomic E-state index is 12.0. The number of carbonyl (C=O) groups excluding carboxylic acids is 1. The van der Waals surface area contributed by atoms with E-state index < -0.39 is 0 Å². The second kappa shape index (κ2) is 8.70. The van der Waals surface area contributed by atoms with Crippen LogP contribution in [0.3, 0.4) is 0 Å². The van der Waals surface area contributed by atoms with Crippen LogP contribution in [0.15, 0.2) is 30.3 Å². The maximum Gasteiger partial charge on any atom is 0.220 e. The Labute approximate surface area is 116 Å². The fourth-order valence-electron chi connectivity index (χ4n) is 2.21. The highest BCUT2D eigenvalue weighted by molar-refractivity contribution is 5.76. The lowest BCUT2D eigenvalue weighted by atomic mass is 9.93. The molecule has 1 rings (SSSR count). The third kappa shape index (κ3) is 5.88. The van der Waals surface area contributed by atoms with Crippen LogP contribution in [-0.2, 0) is 4.79 Å². The summed E-state index contributed by atoms with van der Waals surface area (Å²) in [6.07, 6.45) is 1.56. The molecule has 0 saturated carbocycles. The van der Waals surface area contributed by atoms with Crippen molar-refractivity contribution in [3.8, 4) is 0 Å². The summed E-state index contributed by atoms with van der Waals surface area (Å²) in [5.74, 6) is 0.455. The number of hydrogen-bond donors (Lipinski definition) is 2. The van der Waals surface area contributed by atoms with E-state index in [1.165, 1.54) is 5.56 Å². The lowest BCUT2D eigenvalue weighted by Crippen LogP contribution is -2.39. The van der Waals surface area contributed by atoms with Gasteiger partial charge in [-0.2, -0.15) is 0 Å². The van der Waals surface area contributed by atoms with Crippen molar-refractivity contribution in [2.24, 2.45) is 0 Å². The number of carbonyl (C=O) groups is 1. The predicted octanol–water partition coefficient (Wildman–Crippen LogP) is 2.68. The topological polar surface area (TPSA) is 41.1 Å². The minimum atomic E-state index is 0.139. The Balaban J connectivity index is 2.41. The summed E-state index contributed by atoms with van der Waals surface area (Å²) in [5.41, 5.74) is 1.25. The fraction of sp³-hybridized carbons (Fsp3) is 0.562. The van der Waals surface area contributed by atoms with Crippen molar-refractivity contribution < 1.29 is 4.79 Å². The van der Waals surface area contributed by atoms with Gasteiger partial charge >= 0.3 is 0 Å². The molecular formula is C16H26N2O. The van der Waals surface area contributed by atoms with Crippen LogP contribution in [0.5, 0.6) is 0 Å². The van der Waals surface area contributed by atoms with Crippen molar-refractivity contribution in [2.75, 3.05) is 13.1 Å². The van der Waals surface area contributed by atoms with E-state index in [0.717, 1.165) is 13.0 Å². The second-order valence-corrected chi connectivity index (χ2v) is 4.98. The molecule has 1 aromatic carbocycles. The highest BCUT2D eigenvalue weighted by Crippen LogP contribution is 2.22. The van der Waals surface area contributed by atoms with E-state index in [0.29, 0.717) is 24.9 Å². The van der Waals surface area contributed by atoms with Crippen molar-refractivity contribution in [3.05, 3.63) is 35.9 Å². The highest BCUT2D eigenvalue weighted by atomic mass is 16.1. The number of hydrogen-bond acceptors (Lipinski definition) is 2. The molecule has 0 aliphatic heterocycles. The Bertz CT molecular complexity index is 364. The van der Waals surface area contributed by atoms with Crippen LogP contribution in [0.25, 0.3) is 0 Å². The molecule has 0 aromatic heterocycles. The summed E-state index contributed by atoms with van der Waals surface area (Å²) in [4.78, 5) is 12.0. The zero-order valence-electron chi connectivity index (χ0n) is 12.3. The molecule has 1 amide bonds. The number of likely N-dealkylation sites (N-methyl/N-ethyl adjacent to an activating group) is 1. The van der Waals surface area contributed by atoms with Crippen molar-refractivity contribution in [1.82, 2.24) is 10.6 Å². The molecule has 0 radical (unpaired) electrons. The number of benzene rings is 1. The van der Waals surface area contributed by atoms with E-state index in [9.17, 15) is 4.79 Å². The van der Waals surface area contributed by atoms with Gasteiger partial charge in [-0.1, -0.05) is 44.2 Å². The largest absolute Gasteiger partial charge is 0.355 e. The van der Waals surface area contributed by atoms with Gasteiger partial charge in [0, 0.05) is 19.0 Å². The first-order valence-corrected chi connectivity index (χ1v) is 7.22. The number of amides is 1. The minimum absolute atomic E-state index is 0.139. The highest BCUT2D eigenvalue weighted by Gasteiger charge is 2.14. The lowest BCUT2D eigenvalue weighted by molar-refractivity contribution is -0.121. The predicted molar refractivity (Wildman–Crippen MR) is 80.2 cm³/mol. The van der Waals surface area contributed by atoms with Gasteiger partial charge in [0.1, 0.15) is 0 Å². The molecule has 2 atom stereocenters. The summed E-state index contributed by atoms with van der Waals surface area (Å²) < 4.78 is 0. The SMILES string of the molecule is CCN[C@H](C)CNC(=O)CC(CC)c1ccccc1. The Hall–Kier alpha value is -1.35. The average molecular weight is 262 g/mol.